The van der Waals surface area contributed by atoms with Crippen LogP contribution in [0.25, 0.3) is 0 Å². The van der Waals surface area contributed by atoms with E-state index < -0.39 is 11.2 Å². The minimum absolute atomic E-state index is 0.199. The van der Waals surface area contributed by atoms with Gasteiger partial charge in [-0.1, -0.05) is 11.8 Å². The Kier molecular flexibility index (Phi) is 4.20. The number of carboxylic acids is 1. The van der Waals surface area contributed by atoms with Crippen LogP contribution in [-0.2, 0) is 9.59 Å². The van der Waals surface area contributed by atoms with Crippen LogP contribution in [0.3, 0.4) is 0 Å². The highest BCUT2D eigenvalue weighted by atomic mass is 32.2. The van der Waals surface area contributed by atoms with Gasteiger partial charge in [0.1, 0.15) is 5.25 Å². The van der Waals surface area contributed by atoms with Crippen molar-refractivity contribution in [3.8, 4) is 11.5 Å². The largest absolute Gasteiger partial charge is 0.481 e. The summed E-state index contributed by atoms with van der Waals surface area (Å²) in [5.74, 6) is -0.0659. The standard InChI is InChI=1S/C14H13N3O5S/c1-7(8-2-3-9-10(4-8)22-6-21-9)16-17-14-15-13(20)11(23-14)5-12(18)19/h2-4,11H,5-6H2,1H3,(H,18,19)(H,15,17,20)/b16-7+. The number of carboxylic acid groups (broad SMARTS) is 1. The number of carbonyl (C=O) groups excluding carboxylic acids is 1. The fourth-order valence-electron chi connectivity index (χ4n) is 2.04. The molecule has 1 aromatic rings. The Morgan fingerprint density at radius 3 is 3.00 bits per heavy atom. The maximum atomic E-state index is 11.6. The Morgan fingerprint density at radius 1 is 1.43 bits per heavy atom. The molecule has 2 heterocycles. The van der Waals surface area contributed by atoms with E-state index in [9.17, 15) is 9.59 Å². The van der Waals surface area contributed by atoms with Gasteiger partial charge in [-0.3, -0.25) is 9.59 Å². The minimum Gasteiger partial charge on any atom is -0.481 e. The molecule has 3 rings (SSSR count). The highest BCUT2D eigenvalue weighted by Gasteiger charge is 2.32. The van der Waals surface area contributed by atoms with Gasteiger partial charge in [-0.2, -0.15) is 5.10 Å². The third kappa shape index (κ3) is 3.45. The van der Waals surface area contributed by atoms with E-state index in [0.717, 1.165) is 17.3 Å². The molecular formula is C14H13N3O5S. The van der Waals surface area contributed by atoms with E-state index in [1.165, 1.54) is 0 Å². The van der Waals surface area contributed by atoms with Gasteiger partial charge >= 0.3 is 5.97 Å². The van der Waals surface area contributed by atoms with Crippen LogP contribution in [0.4, 0.5) is 0 Å². The second-order valence-electron chi connectivity index (χ2n) is 4.85. The Morgan fingerprint density at radius 2 is 2.22 bits per heavy atom. The summed E-state index contributed by atoms with van der Waals surface area (Å²) in [6, 6.07) is 5.42. The van der Waals surface area contributed by atoms with Gasteiger partial charge in [0.25, 0.3) is 0 Å². The van der Waals surface area contributed by atoms with Crippen LogP contribution in [0.15, 0.2) is 28.4 Å². The average molecular weight is 335 g/mol. The van der Waals surface area contributed by atoms with Crippen molar-refractivity contribution in [2.24, 2.45) is 10.2 Å². The van der Waals surface area contributed by atoms with E-state index in [2.05, 4.69) is 15.5 Å². The molecule has 2 N–H and O–H groups in total. The molecule has 0 spiro atoms. The summed E-state index contributed by atoms with van der Waals surface area (Å²) < 4.78 is 10.5. The molecule has 8 nitrogen and oxygen atoms in total. The predicted octanol–water partition coefficient (Wildman–Crippen LogP) is 1.20. The van der Waals surface area contributed by atoms with Crippen LogP contribution in [-0.4, -0.2) is 39.9 Å². The number of benzene rings is 1. The summed E-state index contributed by atoms with van der Waals surface area (Å²) in [5, 5.41) is 18.9. The van der Waals surface area contributed by atoms with Crippen molar-refractivity contribution in [2.75, 3.05) is 6.79 Å². The zero-order valence-corrected chi connectivity index (χ0v) is 12.9. The number of nitrogens with one attached hydrogen (secondary N) is 1. The first kappa shape index (κ1) is 15.3. The van der Waals surface area contributed by atoms with Crippen LogP contribution in [0.2, 0.25) is 0 Å². The first-order valence-corrected chi connectivity index (χ1v) is 7.62. The highest BCUT2D eigenvalue weighted by molar-refractivity contribution is 8.15. The summed E-state index contributed by atoms with van der Waals surface area (Å²) >= 11 is 1.06. The average Bonchev–Trinajstić information content (AvgIpc) is 3.10. The smallest absolute Gasteiger partial charge is 0.305 e. The van der Waals surface area contributed by atoms with Gasteiger partial charge in [0, 0.05) is 5.56 Å². The van der Waals surface area contributed by atoms with Crippen molar-refractivity contribution in [1.82, 2.24) is 5.32 Å². The first-order chi connectivity index (χ1) is 11.0. The van der Waals surface area contributed by atoms with E-state index in [1.807, 2.05) is 6.07 Å². The van der Waals surface area contributed by atoms with Gasteiger partial charge < -0.3 is 19.9 Å². The van der Waals surface area contributed by atoms with Crippen LogP contribution in [0.1, 0.15) is 18.9 Å². The van der Waals surface area contributed by atoms with Crippen LogP contribution >= 0.6 is 11.8 Å². The molecule has 0 saturated carbocycles. The maximum Gasteiger partial charge on any atom is 0.305 e. The number of fused-ring (bicyclic) bond motifs is 1. The van der Waals surface area contributed by atoms with Gasteiger partial charge in [0.05, 0.1) is 12.1 Å². The second-order valence-corrected chi connectivity index (χ2v) is 6.04. The number of aliphatic carboxylic acids is 1. The molecule has 0 bridgehead atoms. The fourth-order valence-corrected chi connectivity index (χ4v) is 2.95. The maximum absolute atomic E-state index is 11.6. The quantitative estimate of drug-likeness (QED) is 0.632. The van der Waals surface area contributed by atoms with E-state index >= 15 is 0 Å². The van der Waals surface area contributed by atoms with Gasteiger partial charge in [-0.15, -0.1) is 5.10 Å². The van der Waals surface area contributed by atoms with E-state index in [4.69, 9.17) is 14.6 Å². The van der Waals surface area contributed by atoms with E-state index in [1.54, 1.807) is 19.1 Å². The zero-order chi connectivity index (χ0) is 16.4. The molecule has 1 atom stereocenters. The molecule has 1 aromatic carbocycles. The third-order valence-electron chi connectivity index (χ3n) is 3.22. The first-order valence-electron chi connectivity index (χ1n) is 6.74. The molecule has 2 aliphatic heterocycles. The zero-order valence-electron chi connectivity index (χ0n) is 12.1. The number of rotatable bonds is 4. The number of nitrogens with zero attached hydrogens (tertiary/aromatic N) is 2. The van der Waals surface area contributed by atoms with Gasteiger partial charge in [0.2, 0.25) is 12.7 Å². The lowest BCUT2D eigenvalue weighted by atomic mass is 10.1. The third-order valence-corrected chi connectivity index (χ3v) is 4.29. The topological polar surface area (TPSA) is 110 Å². The summed E-state index contributed by atoms with van der Waals surface area (Å²) in [7, 11) is 0. The normalized spacial score (nSPS) is 21.6. The van der Waals surface area contributed by atoms with Gasteiger partial charge in [-0.25, -0.2) is 0 Å². The SMILES string of the molecule is C/C(=N\N=C1/NC(=O)C(CC(=O)O)S1)c1ccc2c(c1)OCO2. The van der Waals surface area contributed by atoms with Crippen molar-refractivity contribution in [2.45, 2.75) is 18.6 Å². The van der Waals surface area contributed by atoms with Crippen molar-refractivity contribution >= 4 is 34.5 Å². The molecule has 1 unspecified atom stereocenters. The van der Waals surface area contributed by atoms with E-state index in [-0.39, 0.29) is 19.1 Å². The molecule has 0 aromatic heterocycles. The summed E-state index contributed by atoms with van der Waals surface area (Å²) in [5.41, 5.74) is 1.45. The molecule has 9 heteroatoms. The second kappa shape index (κ2) is 6.29. The van der Waals surface area contributed by atoms with Gasteiger partial charge in [0.15, 0.2) is 16.7 Å². The molecular weight excluding hydrogens is 322 g/mol. The Labute approximate surface area is 135 Å². The number of carbonyl (C=O) groups is 2. The lowest BCUT2D eigenvalue weighted by Crippen LogP contribution is -2.26. The summed E-state index contributed by atoms with van der Waals surface area (Å²) in [6.07, 6.45) is -0.250. The Bertz CT molecular complexity index is 731. The number of hydrogen-bond donors (Lipinski definition) is 2. The lowest BCUT2D eigenvalue weighted by Gasteiger charge is -2.01. The summed E-state index contributed by atoms with van der Waals surface area (Å²) in [6.45, 7) is 1.97. The molecule has 120 valence electrons. The van der Waals surface area contributed by atoms with E-state index in [0.29, 0.717) is 22.4 Å². The van der Waals surface area contributed by atoms with Gasteiger partial charge in [-0.05, 0) is 25.1 Å². The molecule has 0 aliphatic carbocycles. The predicted molar refractivity (Wildman–Crippen MR) is 84.0 cm³/mol. The summed E-state index contributed by atoms with van der Waals surface area (Å²) in [4.78, 5) is 22.3. The van der Waals surface area contributed by atoms with Crippen molar-refractivity contribution in [1.29, 1.82) is 0 Å². The Balaban J connectivity index is 1.72. The van der Waals surface area contributed by atoms with Crippen molar-refractivity contribution < 1.29 is 24.2 Å². The fraction of sp³-hybridized carbons (Fsp3) is 0.286. The molecule has 1 amide bonds. The molecule has 2 aliphatic rings. The van der Waals surface area contributed by atoms with Crippen LogP contribution in [0, 0.1) is 0 Å². The number of thioether (sulfide) groups is 1. The lowest BCUT2D eigenvalue weighted by molar-refractivity contribution is -0.138. The minimum atomic E-state index is -1.03. The number of hydrogen-bond acceptors (Lipinski definition) is 7. The number of ether oxygens (including phenoxy) is 2. The number of amides is 1. The van der Waals surface area contributed by atoms with Crippen LogP contribution in [0.5, 0.6) is 11.5 Å². The molecule has 1 saturated heterocycles. The molecule has 0 radical (unpaired) electrons. The molecule has 23 heavy (non-hydrogen) atoms. The molecule has 1 fully saturated rings. The monoisotopic (exact) mass is 335 g/mol. The van der Waals surface area contributed by atoms with Crippen LogP contribution < -0.4 is 14.8 Å². The Hall–Kier alpha value is -2.55. The van der Waals surface area contributed by atoms with Crippen molar-refractivity contribution in [3.05, 3.63) is 23.8 Å². The van der Waals surface area contributed by atoms with Crippen molar-refractivity contribution in [3.63, 3.8) is 0 Å². The number of amidine groups is 1. The highest BCUT2D eigenvalue weighted by Crippen LogP contribution is 2.32.